The highest BCUT2D eigenvalue weighted by molar-refractivity contribution is 5.80. The first-order valence-electron chi connectivity index (χ1n) is 7.41. The molecule has 0 saturated carbocycles. The van der Waals surface area contributed by atoms with Crippen molar-refractivity contribution in [3.63, 3.8) is 0 Å². The standard InChI is InChI=1S/C14H26N2O4/c1-3-11(2)16(10-13(18)19)14(20)15-8-5-4-6-12(15)7-9-17/h11-12,17H,3-10H2,1-2H3,(H,18,19). The lowest BCUT2D eigenvalue weighted by molar-refractivity contribution is -0.138. The molecule has 1 fully saturated rings. The molecule has 1 aliphatic heterocycles. The number of carboxylic acids is 1. The molecular weight excluding hydrogens is 260 g/mol. The molecule has 2 N–H and O–H groups in total. The van der Waals surface area contributed by atoms with Crippen LogP contribution in [0.25, 0.3) is 0 Å². The van der Waals surface area contributed by atoms with E-state index in [1.54, 1.807) is 4.90 Å². The van der Waals surface area contributed by atoms with E-state index in [1.165, 1.54) is 4.90 Å². The Balaban J connectivity index is 2.82. The molecule has 2 amide bonds. The van der Waals surface area contributed by atoms with Crippen LogP contribution in [0.4, 0.5) is 4.79 Å². The van der Waals surface area contributed by atoms with Crippen LogP contribution < -0.4 is 0 Å². The minimum absolute atomic E-state index is 0.0293. The molecule has 116 valence electrons. The Morgan fingerprint density at radius 2 is 2.10 bits per heavy atom. The Labute approximate surface area is 120 Å². The highest BCUT2D eigenvalue weighted by Gasteiger charge is 2.32. The molecule has 6 nitrogen and oxygen atoms in total. The van der Waals surface area contributed by atoms with Crippen molar-refractivity contribution in [2.24, 2.45) is 0 Å². The van der Waals surface area contributed by atoms with Crippen molar-refractivity contribution in [2.45, 2.75) is 58.0 Å². The number of carbonyl (C=O) groups excluding carboxylic acids is 1. The van der Waals surface area contributed by atoms with Crippen molar-refractivity contribution in [1.29, 1.82) is 0 Å². The predicted molar refractivity (Wildman–Crippen MR) is 75.5 cm³/mol. The first-order valence-corrected chi connectivity index (χ1v) is 7.41. The van der Waals surface area contributed by atoms with Crippen molar-refractivity contribution in [3.05, 3.63) is 0 Å². The van der Waals surface area contributed by atoms with E-state index in [4.69, 9.17) is 10.2 Å². The summed E-state index contributed by atoms with van der Waals surface area (Å²) in [6.07, 6.45) is 4.16. The van der Waals surface area contributed by atoms with Gasteiger partial charge >= 0.3 is 12.0 Å². The quantitative estimate of drug-likeness (QED) is 0.776. The van der Waals surface area contributed by atoms with Crippen LogP contribution in [0, 0.1) is 0 Å². The van der Waals surface area contributed by atoms with E-state index in [0.29, 0.717) is 13.0 Å². The monoisotopic (exact) mass is 286 g/mol. The maximum Gasteiger partial charge on any atom is 0.323 e. The van der Waals surface area contributed by atoms with E-state index < -0.39 is 5.97 Å². The Morgan fingerprint density at radius 1 is 1.40 bits per heavy atom. The number of rotatable bonds is 6. The third-order valence-electron chi connectivity index (χ3n) is 4.01. The lowest BCUT2D eigenvalue weighted by atomic mass is 10.00. The highest BCUT2D eigenvalue weighted by Crippen LogP contribution is 2.22. The van der Waals surface area contributed by atoms with Gasteiger partial charge in [0.15, 0.2) is 0 Å². The number of carbonyl (C=O) groups is 2. The van der Waals surface area contributed by atoms with E-state index in [9.17, 15) is 9.59 Å². The molecule has 6 heteroatoms. The largest absolute Gasteiger partial charge is 0.480 e. The summed E-state index contributed by atoms with van der Waals surface area (Å²) in [6.45, 7) is 4.24. The Kier molecular flexibility index (Phi) is 6.78. The molecular formula is C14H26N2O4. The van der Waals surface area contributed by atoms with Crippen molar-refractivity contribution >= 4 is 12.0 Å². The average molecular weight is 286 g/mol. The fourth-order valence-corrected chi connectivity index (χ4v) is 2.64. The number of hydrogen-bond donors (Lipinski definition) is 2. The van der Waals surface area contributed by atoms with Crippen LogP contribution in [0.5, 0.6) is 0 Å². The minimum atomic E-state index is -0.991. The van der Waals surface area contributed by atoms with Gasteiger partial charge in [0.25, 0.3) is 0 Å². The zero-order valence-electron chi connectivity index (χ0n) is 12.4. The van der Waals surface area contributed by atoms with Gasteiger partial charge in [-0.2, -0.15) is 0 Å². The Morgan fingerprint density at radius 3 is 2.65 bits per heavy atom. The van der Waals surface area contributed by atoms with Gasteiger partial charge in [-0.3, -0.25) is 4.79 Å². The number of aliphatic carboxylic acids is 1. The van der Waals surface area contributed by atoms with E-state index >= 15 is 0 Å². The topological polar surface area (TPSA) is 81.1 Å². The van der Waals surface area contributed by atoms with Crippen LogP contribution >= 0.6 is 0 Å². The lowest BCUT2D eigenvalue weighted by Gasteiger charge is -2.40. The number of nitrogens with zero attached hydrogens (tertiary/aromatic N) is 2. The first kappa shape index (κ1) is 16.8. The molecule has 1 saturated heterocycles. The Hall–Kier alpha value is -1.30. The number of aliphatic hydroxyl groups is 1. The summed E-state index contributed by atoms with van der Waals surface area (Å²) in [6, 6.07) is -0.281. The maximum atomic E-state index is 12.6. The number of likely N-dealkylation sites (tertiary alicyclic amines) is 1. The zero-order valence-corrected chi connectivity index (χ0v) is 12.4. The van der Waals surface area contributed by atoms with Gasteiger partial charge in [-0.1, -0.05) is 6.92 Å². The van der Waals surface area contributed by atoms with E-state index in [0.717, 1.165) is 25.7 Å². The third kappa shape index (κ3) is 4.37. The Bertz CT molecular complexity index is 333. The van der Waals surface area contributed by atoms with Crippen LogP contribution in [0.2, 0.25) is 0 Å². The molecule has 1 aliphatic rings. The average Bonchev–Trinajstić information content (AvgIpc) is 2.44. The summed E-state index contributed by atoms with van der Waals surface area (Å²) >= 11 is 0. The van der Waals surface area contributed by atoms with Crippen LogP contribution in [-0.2, 0) is 4.79 Å². The number of amides is 2. The van der Waals surface area contributed by atoms with Crippen molar-refractivity contribution < 1.29 is 19.8 Å². The number of urea groups is 1. The molecule has 0 aromatic carbocycles. The molecule has 1 heterocycles. The van der Waals surface area contributed by atoms with Gasteiger partial charge < -0.3 is 20.0 Å². The van der Waals surface area contributed by atoms with Crippen LogP contribution in [0.15, 0.2) is 0 Å². The molecule has 2 atom stereocenters. The van der Waals surface area contributed by atoms with Crippen molar-refractivity contribution in [3.8, 4) is 0 Å². The fraction of sp³-hybridized carbons (Fsp3) is 0.857. The summed E-state index contributed by atoms with van der Waals surface area (Å²) < 4.78 is 0. The first-order chi connectivity index (χ1) is 9.51. The molecule has 0 spiro atoms. The van der Waals surface area contributed by atoms with Gasteiger partial charge in [0, 0.05) is 25.2 Å². The molecule has 0 aliphatic carbocycles. The van der Waals surface area contributed by atoms with Crippen LogP contribution in [0.3, 0.4) is 0 Å². The molecule has 0 bridgehead atoms. The van der Waals surface area contributed by atoms with Gasteiger partial charge in [0.1, 0.15) is 6.54 Å². The van der Waals surface area contributed by atoms with E-state index in [-0.39, 0.29) is 31.3 Å². The summed E-state index contributed by atoms with van der Waals surface area (Å²) in [5, 5.41) is 18.1. The van der Waals surface area contributed by atoms with Gasteiger partial charge in [-0.05, 0) is 39.0 Å². The van der Waals surface area contributed by atoms with Gasteiger partial charge in [0.2, 0.25) is 0 Å². The summed E-state index contributed by atoms with van der Waals surface area (Å²) in [4.78, 5) is 26.8. The second kappa shape index (κ2) is 8.09. The summed E-state index contributed by atoms with van der Waals surface area (Å²) in [5.74, 6) is -0.991. The van der Waals surface area contributed by atoms with E-state index in [1.807, 2.05) is 13.8 Å². The molecule has 1 rings (SSSR count). The summed E-state index contributed by atoms with van der Waals surface area (Å²) in [7, 11) is 0. The number of hydrogen-bond acceptors (Lipinski definition) is 3. The van der Waals surface area contributed by atoms with Gasteiger partial charge in [-0.25, -0.2) is 4.79 Å². The molecule has 0 aromatic heterocycles. The third-order valence-corrected chi connectivity index (χ3v) is 4.01. The zero-order chi connectivity index (χ0) is 15.1. The SMILES string of the molecule is CCC(C)N(CC(=O)O)C(=O)N1CCCCC1CCO. The molecule has 20 heavy (non-hydrogen) atoms. The van der Waals surface area contributed by atoms with E-state index in [2.05, 4.69) is 0 Å². The molecule has 2 unspecified atom stereocenters. The number of carboxylic acid groups (broad SMARTS) is 1. The minimum Gasteiger partial charge on any atom is -0.480 e. The van der Waals surface area contributed by atoms with Gasteiger partial charge in [-0.15, -0.1) is 0 Å². The van der Waals surface area contributed by atoms with Crippen molar-refractivity contribution in [2.75, 3.05) is 19.7 Å². The van der Waals surface area contributed by atoms with Crippen molar-refractivity contribution in [1.82, 2.24) is 9.80 Å². The highest BCUT2D eigenvalue weighted by atomic mass is 16.4. The smallest absolute Gasteiger partial charge is 0.323 e. The summed E-state index contributed by atoms with van der Waals surface area (Å²) in [5.41, 5.74) is 0. The molecule has 0 radical (unpaired) electrons. The lowest BCUT2D eigenvalue weighted by Crippen LogP contribution is -2.54. The normalized spacial score (nSPS) is 20.6. The fourth-order valence-electron chi connectivity index (χ4n) is 2.64. The predicted octanol–water partition coefficient (Wildman–Crippen LogP) is 1.53. The number of piperidine rings is 1. The van der Waals surface area contributed by atoms with Crippen LogP contribution in [-0.4, -0.2) is 63.8 Å². The maximum absolute atomic E-state index is 12.6. The second-order valence-corrected chi connectivity index (χ2v) is 5.42. The number of aliphatic hydroxyl groups excluding tert-OH is 1. The molecule has 0 aromatic rings. The van der Waals surface area contributed by atoms with Crippen LogP contribution in [0.1, 0.15) is 46.0 Å². The van der Waals surface area contributed by atoms with Gasteiger partial charge in [0.05, 0.1) is 0 Å². The second-order valence-electron chi connectivity index (χ2n) is 5.42.